The summed E-state index contributed by atoms with van der Waals surface area (Å²) in [5.41, 5.74) is 0.372. The molecule has 1 heterocycles. The van der Waals surface area contributed by atoms with Crippen molar-refractivity contribution < 1.29 is 14.4 Å². The highest BCUT2D eigenvalue weighted by atomic mass is 19.1. The Hall–Kier alpha value is -2.43. The number of nitrogens with zero attached hydrogens (tertiary/aromatic N) is 2. The Bertz CT molecular complexity index is 602. The molecule has 0 radical (unpaired) electrons. The molecule has 0 aliphatic heterocycles. The van der Waals surface area contributed by atoms with Crippen molar-refractivity contribution in [1.29, 1.82) is 0 Å². The van der Waals surface area contributed by atoms with Gasteiger partial charge in [-0.2, -0.15) is 9.72 Å². The molecule has 1 amide bonds. The maximum Gasteiger partial charge on any atom is 0.279 e. The van der Waals surface area contributed by atoms with Gasteiger partial charge in [-0.15, -0.1) is 0 Å². The third-order valence-corrected chi connectivity index (χ3v) is 2.13. The molecule has 2 rings (SSSR count). The fraction of sp³-hybridized carbons (Fsp3) is 0. The number of carbonyl (C=O) groups excluding carboxylic acids is 1. The van der Waals surface area contributed by atoms with E-state index in [1.165, 1.54) is 36.5 Å². The van der Waals surface area contributed by atoms with Gasteiger partial charge in [-0.3, -0.25) is 4.79 Å². The quantitative estimate of drug-likeness (QED) is 0.759. The van der Waals surface area contributed by atoms with Crippen LogP contribution in [0.2, 0.25) is 0 Å². The molecule has 0 atom stereocenters. The van der Waals surface area contributed by atoms with Gasteiger partial charge in [-0.1, -0.05) is 6.07 Å². The maximum absolute atomic E-state index is 12.7. The van der Waals surface area contributed by atoms with Crippen molar-refractivity contribution in [3.8, 4) is 0 Å². The summed E-state index contributed by atoms with van der Waals surface area (Å²) in [5.74, 6) is -0.961. The van der Waals surface area contributed by atoms with Crippen LogP contribution in [0.15, 0.2) is 53.7 Å². The number of hydrogen-bond acceptors (Lipinski definition) is 2. The second kappa shape index (κ2) is 4.61. The second-order valence-electron chi connectivity index (χ2n) is 3.33. The molecule has 1 aromatic carbocycles. The van der Waals surface area contributed by atoms with E-state index in [1.54, 1.807) is 12.1 Å². The van der Waals surface area contributed by atoms with E-state index < -0.39 is 11.7 Å². The van der Waals surface area contributed by atoms with Crippen LogP contribution in [0.4, 0.5) is 4.39 Å². The van der Waals surface area contributed by atoms with Crippen LogP contribution >= 0.6 is 0 Å². The average molecular weight is 232 g/mol. The Morgan fingerprint density at radius 3 is 2.53 bits per heavy atom. The topological polar surface area (TPSA) is 54.6 Å². The number of amides is 1. The van der Waals surface area contributed by atoms with Gasteiger partial charge in [0, 0.05) is 11.8 Å². The first-order valence-corrected chi connectivity index (χ1v) is 4.88. The van der Waals surface area contributed by atoms with Crippen LogP contribution in [0.3, 0.4) is 0 Å². The van der Waals surface area contributed by atoms with Crippen molar-refractivity contribution in [2.45, 2.75) is 0 Å². The normalized spacial score (nSPS) is 11.5. The minimum absolute atomic E-state index is 0.113. The molecule has 0 bridgehead atoms. The summed E-state index contributed by atoms with van der Waals surface area (Å²) < 4.78 is 13.4. The summed E-state index contributed by atoms with van der Waals surface area (Å²) in [6, 6.07) is 9.77. The zero-order valence-corrected chi connectivity index (χ0v) is 8.75. The Morgan fingerprint density at radius 1 is 1.18 bits per heavy atom. The lowest BCUT2D eigenvalue weighted by atomic mass is 10.2. The highest BCUT2D eigenvalue weighted by Gasteiger charge is 2.03. The maximum atomic E-state index is 12.7. The monoisotopic (exact) mass is 232 g/mol. The molecule has 2 aromatic rings. The van der Waals surface area contributed by atoms with E-state index in [-0.39, 0.29) is 11.1 Å². The summed E-state index contributed by atoms with van der Waals surface area (Å²) in [4.78, 5) is 15.4. The lowest BCUT2D eigenvalue weighted by Crippen LogP contribution is -2.19. The minimum atomic E-state index is -0.543. The molecule has 0 fully saturated rings. The van der Waals surface area contributed by atoms with Crippen LogP contribution in [0.25, 0.3) is 0 Å². The van der Waals surface area contributed by atoms with Crippen LogP contribution in [0, 0.1) is 5.82 Å². The van der Waals surface area contributed by atoms with E-state index in [9.17, 15) is 14.4 Å². The number of aromatic nitrogens is 1. The highest BCUT2D eigenvalue weighted by molar-refractivity contribution is 5.94. The first-order chi connectivity index (χ1) is 8.16. The molecule has 1 aromatic heterocycles. The van der Waals surface area contributed by atoms with Crippen LogP contribution in [-0.2, 0) is 0 Å². The third kappa shape index (κ3) is 2.57. The van der Waals surface area contributed by atoms with Crippen LogP contribution < -0.4 is 5.49 Å². The zero-order chi connectivity index (χ0) is 12.3. The number of carbonyl (C=O) groups is 1. The first-order valence-electron chi connectivity index (χ1n) is 4.88. The lowest BCUT2D eigenvalue weighted by Gasteiger charge is -1.97. The molecule has 0 aliphatic carbocycles. The fourth-order valence-corrected chi connectivity index (χ4v) is 1.28. The molecule has 0 saturated carbocycles. The van der Waals surface area contributed by atoms with Gasteiger partial charge in [0.25, 0.3) is 5.91 Å². The van der Waals surface area contributed by atoms with Crippen molar-refractivity contribution in [2.24, 2.45) is 4.99 Å². The van der Waals surface area contributed by atoms with E-state index >= 15 is 0 Å². The van der Waals surface area contributed by atoms with Crippen molar-refractivity contribution in [2.75, 3.05) is 0 Å². The molecule has 0 aliphatic rings. The van der Waals surface area contributed by atoms with Gasteiger partial charge >= 0.3 is 0 Å². The molecule has 17 heavy (non-hydrogen) atoms. The third-order valence-electron chi connectivity index (χ3n) is 2.13. The Kier molecular flexibility index (Phi) is 3.00. The fourth-order valence-electron chi connectivity index (χ4n) is 1.28. The molecule has 0 spiro atoms. The second-order valence-corrected chi connectivity index (χ2v) is 3.33. The van der Waals surface area contributed by atoms with Gasteiger partial charge < -0.3 is 5.21 Å². The molecule has 4 nitrogen and oxygen atoms in total. The van der Waals surface area contributed by atoms with Gasteiger partial charge in [0.05, 0.1) is 0 Å². The van der Waals surface area contributed by atoms with Crippen molar-refractivity contribution in [1.82, 2.24) is 4.73 Å². The molecule has 0 unspecified atom stereocenters. The summed E-state index contributed by atoms with van der Waals surface area (Å²) in [6.45, 7) is 0. The predicted molar refractivity (Wildman–Crippen MR) is 57.9 cm³/mol. The summed E-state index contributed by atoms with van der Waals surface area (Å²) in [7, 11) is 0. The summed E-state index contributed by atoms with van der Waals surface area (Å²) in [5, 5.41) is 9.36. The van der Waals surface area contributed by atoms with E-state index in [1.807, 2.05) is 0 Å². The van der Waals surface area contributed by atoms with Gasteiger partial charge in [-0.25, -0.2) is 4.39 Å². The number of halogens is 1. The van der Waals surface area contributed by atoms with E-state index in [0.29, 0.717) is 0 Å². The Morgan fingerprint density at radius 2 is 1.88 bits per heavy atom. The molecular weight excluding hydrogens is 223 g/mol. The van der Waals surface area contributed by atoms with Crippen molar-refractivity contribution >= 4 is 5.91 Å². The molecular formula is C12H9FN2O2. The minimum Gasteiger partial charge on any atom is -0.427 e. The van der Waals surface area contributed by atoms with Gasteiger partial charge in [0.2, 0.25) is 0 Å². The lowest BCUT2D eigenvalue weighted by molar-refractivity contribution is 0.0988. The van der Waals surface area contributed by atoms with Crippen LogP contribution in [0.5, 0.6) is 0 Å². The average Bonchev–Trinajstić information content (AvgIpc) is 2.33. The number of benzene rings is 1. The SMILES string of the molecule is O=C(N=c1ccccn1O)c1ccc(F)cc1. The number of hydrogen-bond donors (Lipinski definition) is 1. The van der Waals surface area contributed by atoms with Crippen LogP contribution in [-0.4, -0.2) is 15.8 Å². The van der Waals surface area contributed by atoms with E-state index in [0.717, 1.165) is 4.73 Å². The largest absolute Gasteiger partial charge is 0.427 e. The highest BCUT2D eigenvalue weighted by Crippen LogP contribution is 2.03. The Balaban J connectivity index is 2.37. The molecule has 1 N–H and O–H groups in total. The van der Waals surface area contributed by atoms with Crippen LogP contribution in [0.1, 0.15) is 10.4 Å². The molecule has 0 saturated heterocycles. The van der Waals surface area contributed by atoms with Crippen molar-refractivity contribution in [3.63, 3.8) is 0 Å². The smallest absolute Gasteiger partial charge is 0.279 e. The summed E-state index contributed by atoms with van der Waals surface area (Å²) >= 11 is 0. The zero-order valence-electron chi connectivity index (χ0n) is 8.75. The Labute approximate surface area is 96.3 Å². The molecule has 86 valence electrons. The molecule has 5 heteroatoms. The van der Waals surface area contributed by atoms with E-state index in [2.05, 4.69) is 4.99 Å². The predicted octanol–water partition coefficient (Wildman–Crippen LogP) is 1.61. The van der Waals surface area contributed by atoms with Gasteiger partial charge in [-0.05, 0) is 36.4 Å². The number of rotatable bonds is 1. The van der Waals surface area contributed by atoms with Gasteiger partial charge in [0.15, 0.2) is 5.49 Å². The first kappa shape index (κ1) is 11.1. The summed E-state index contributed by atoms with van der Waals surface area (Å²) in [6.07, 6.45) is 1.36. The van der Waals surface area contributed by atoms with Gasteiger partial charge in [0.1, 0.15) is 5.82 Å². The number of pyridine rings is 1. The van der Waals surface area contributed by atoms with Crippen molar-refractivity contribution in [3.05, 3.63) is 65.5 Å². The standard InChI is InChI=1S/C12H9FN2O2/c13-10-6-4-9(5-7-10)12(16)14-11-3-1-2-8-15(11)17/h1-8,17H. The van der Waals surface area contributed by atoms with E-state index in [4.69, 9.17) is 0 Å².